The van der Waals surface area contributed by atoms with E-state index >= 15 is 0 Å². The van der Waals surface area contributed by atoms with Crippen molar-refractivity contribution in [1.82, 2.24) is 4.98 Å². The fourth-order valence-electron chi connectivity index (χ4n) is 3.68. The highest BCUT2D eigenvalue weighted by molar-refractivity contribution is 6.13. The van der Waals surface area contributed by atoms with E-state index in [1.165, 1.54) is 0 Å². The average Bonchev–Trinajstić information content (AvgIpc) is 3.31. The molecule has 0 radical (unpaired) electrons. The first-order valence-electron chi connectivity index (χ1n) is 9.99. The maximum atomic E-state index is 13.3. The van der Waals surface area contributed by atoms with Crippen LogP contribution in [0.4, 0.5) is 5.69 Å². The van der Waals surface area contributed by atoms with Gasteiger partial charge in [0.2, 0.25) is 6.79 Å². The van der Waals surface area contributed by atoms with E-state index in [1.54, 1.807) is 38.5 Å². The van der Waals surface area contributed by atoms with Crippen molar-refractivity contribution in [2.24, 2.45) is 0 Å². The van der Waals surface area contributed by atoms with Gasteiger partial charge in [0.25, 0.3) is 5.91 Å². The SMILES string of the molecule is COc1ccc(NC(=O)c2cc(-c3ccc4c(c3)OCO4)nc3ccccc23)cc1OC. The van der Waals surface area contributed by atoms with E-state index < -0.39 is 0 Å². The minimum Gasteiger partial charge on any atom is -0.493 e. The number of anilines is 1. The van der Waals surface area contributed by atoms with Gasteiger partial charge in [-0.05, 0) is 42.5 Å². The van der Waals surface area contributed by atoms with E-state index in [0.29, 0.717) is 39.9 Å². The monoisotopic (exact) mass is 428 g/mol. The molecule has 1 aromatic heterocycles. The fraction of sp³-hybridized carbons (Fsp3) is 0.120. The van der Waals surface area contributed by atoms with Crippen molar-refractivity contribution in [2.45, 2.75) is 0 Å². The summed E-state index contributed by atoms with van der Waals surface area (Å²) in [6.45, 7) is 0.197. The number of carbonyl (C=O) groups is 1. The number of nitrogens with one attached hydrogen (secondary N) is 1. The zero-order chi connectivity index (χ0) is 22.1. The molecule has 2 heterocycles. The van der Waals surface area contributed by atoms with Gasteiger partial charge in [0.15, 0.2) is 23.0 Å². The van der Waals surface area contributed by atoms with E-state index in [-0.39, 0.29) is 12.7 Å². The number of carbonyl (C=O) groups excluding carboxylic acids is 1. The van der Waals surface area contributed by atoms with Crippen LogP contribution < -0.4 is 24.3 Å². The first-order chi connectivity index (χ1) is 15.7. The number of aromatic nitrogens is 1. The van der Waals surface area contributed by atoms with Crippen molar-refractivity contribution < 1.29 is 23.7 Å². The Morgan fingerprint density at radius 2 is 1.72 bits per heavy atom. The summed E-state index contributed by atoms with van der Waals surface area (Å²) in [5.74, 6) is 2.23. The number of pyridine rings is 1. The minimum absolute atomic E-state index is 0.197. The van der Waals surface area contributed by atoms with Gasteiger partial charge in [-0.15, -0.1) is 0 Å². The molecule has 0 bridgehead atoms. The summed E-state index contributed by atoms with van der Waals surface area (Å²) in [4.78, 5) is 18.1. The number of hydrogen-bond acceptors (Lipinski definition) is 6. The summed E-state index contributed by atoms with van der Waals surface area (Å²) in [6.07, 6.45) is 0. The third-order valence-corrected chi connectivity index (χ3v) is 5.27. The highest BCUT2D eigenvalue weighted by atomic mass is 16.7. The van der Waals surface area contributed by atoms with Gasteiger partial charge < -0.3 is 24.3 Å². The van der Waals surface area contributed by atoms with Crippen LogP contribution in [0.2, 0.25) is 0 Å². The predicted molar refractivity (Wildman–Crippen MR) is 121 cm³/mol. The quantitative estimate of drug-likeness (QED) is 0.487. The maximum Gasteiger partial charge on any atom is 0.256 e. The van der Waals surface area contributed by atoms with Crippen LogP contribution in [0.3, 0.4) is 0 Å². The standard InChI is InChI=1S/C25H20N2O5/c1-29-21-10-8-16(12-23(21)30-2)26-25(28)18-13-20(27-19-6-4-3-5-17(18)19)15-7-9-22-24(11-15)32-14-31-22/h3-13H,14H2,1-2H3,(H,26,28). The summed E-state index contributed by atoms with van der Waals surface area (Å²) in [6, 6.07) is 20.2. The van der Waals surface area contributed by atoms with E-state index in [0.717, 1.165) is 16.5 Å². The minimum atomic E-state index is -0.252. The Bertz CT molecular complexity index is 1340. The van der Waals surface area contributed by atoms with Crippen molar-refractivity contribution >= 4 is 22.5 Å². The third-order valence-electron chi connectivity index (χ3n) is 5.27. The molecule has 0 saturated carbocycles. The van der Waals surface area contributed by atoms with Gasteiger partial charge >= 0.3 is 0 Å². The summed E-state index contributed by atoms with van der Waals surface area (Å²) >= 11 is 0. The Morgan fingerprint density at radius 1 is 0.906 bits per heavy atom. The summed E-state index contributed by atoms with van der Waals surface area (Å²) in [7, 11) is 3.12. The van der Waals surface area contributed by atoms with E-state index in [1.807, 2.05) is 42.5 Å². The normalized spacial score (nSPS) is 11.9. The van der Waals surface area contributed by atoms with Gasteiger partial charge in [-0.2, -0.15) is 0 Å². The molecule has 0 unspecified atom stereocenters. The average molecular weight is 428 g/mol. The number of methoxy groups -OCH3 is 2. The van der Waals surface area contributed by atoms with E-state index in [2.05, 4.69) is 5.32 Å². The molecule has 3 aromatic carbocycles. The molecule has 4 aromatic rings. The Morgan fingerprint density at radius 3 is 2.56 bits per heavy atom. The second-order valence-electron chi connectivity index (χ2n) is 7.16. The van der Waals surface area contributed by atoms with Crippen LogP contribution in [0.15, 0.2) is 66.7 Å². The molecular weight excluding hydrogens is 408 g/mol. The van der Waals surface area contributed by atoms with Crippen LogP contribution in [-0.4, -0.2) is 31.9 Å². The number of benzene rings is 3. The molecule has 7 nitrogen and oxygen atoms in total. The largest absolute Gasteiger partial charge is 0.493 e. The molecule has 7 heteroatoms. The Balaban J connectivity index is 1.55. The lowest BCUT2D eigenvalue weighted by molar-refractivity contribution is 0.102. The third kappa shape index (κ3) is 3.54. The molecule has 5 rings (SSSR count). The van der Waals surface area contributed by atoms with Crippen LogP contribution in [0.5, 0.6) is 23.0 Å². The van der Waals surface area contributed by atoms with Crippen LogP contribution in [-0.2, 0) is 0 Å². The second-order valence-corrected chi connectivity index (χ2v) is 7.16. The summed E-state index contributed by atoms with van der Waals surface area (Å²) in [5.41, 5.74) is 3.33. The number of nitrogens with zero attached hydrogens (tertiary/aromatic N) is 1. The van der Waals surface area contributed by atoms with Gasteiger partial charge in [0, 0.05) is 22.7 Å². The molecule has 0 saturated heterocycles. The second kappa shape index (κ2) is 8.11. The fourth-order valence-corrected chi connectivity index (χ4v) is 3.68. The van der Waals surface area contributed by atoms with Crippen LogP contribution >= 0.6 is 0 Å². The zero-order valence-corrected chi connectivity index (χ0v) is 17.5. The van der Waals surface area contributed by atoms with E-state index in [4.69, 9.17) is 23.9 Å². The zero-order valence-electron chi connectivity index (χ0n) is 17.5. The molecule has 0 atom stereocenters. The van der Waals surface area contributed by atoms with Crippen LogP contribution in [0.25, 0.3) is 22.2 Å². The van der Waals surface area contributed by atoms with Gasteiger partial charge in [-0.25, -0.2) is 4.98 Å². The van der Waals surface area contributed by atoms with Crippen molar-refractivity contribution in [3.05, 3.63) is 72.3 Å². The Hall–Kier alpha value is -4.26. The Kier molecular flexibility index (Phi) is 4.99. The molecular formula is C25H20N2O5. The summed E-state index contributed by atoms with van der Waals surface area (Å²) < 4.78 is 21.5. The molecule has 1 aliphatic rings. The highest BCUT2D eigenvalue weighted by Gasteiger charge is 2.18. The summed E-state index contributed by atoms with van der Waals surface area (Å²) in [5, 5.41) is 3.71. The predicted octanol–water partition coefficient (Wildman–Crippen LogP) is 4.90. The van der Waals surface area contributed by atoms with Crippen LogP contribution in [0.1, 0.15) is 10.4 Å². The molecule has 1 aliphatic heterocycles. The number of amides is 1. The highest BCUT2D eigenvalue weighted by Crippen LogP contribution is 2.36. The smallest absolute Gasteiger partial charge is 0.256 e. The van der Waals surface area contributed by atoms with Crippen molar-refractivity contribution in [2.75, 3.05) is 26.3 Å². The maximum absolute atomic E-state index is 13.3. The Labute approximate surface area is 184 Å². The number of para-hydroxylation sites is 1. The molecule has 0 fully saturated rings. The first-order valence-corrected chi connectivity index (χ1v) is 9.99. The number of rotatable bonds is 5. The van der Waals surface area contributed by atoms with Crippen molar-refractivity contribution in [3.8, 4) is 34.3 Å². The first kappa shape index (κ1) is 19.7. The lowest BCUT2D eigenvalue weighted by Gasteiger charge is -2.13. The van der Waals surface area contributed by atoms with Gasteiger partial charge in [-0.1, -0.05) is 18.2 Å². The molecule has 160 valence electrons. The van der Waals surface area contributed by atoms with Crippen LogP contribution in [0, 0.1) is 0 Å². The van der Waals surface area contributed by atoms with Gasteiger partial charge in [-0.3, -0.25) is 4.79 Å². The molecule has 0 spiro atoms. The van der Waals surface area contributed by atoms with Gasteiger partial charge in [0.05, 0.1) is 31.0 Å². The van der Waals surface area contributed by atoms with E-state index in [9.17, 15) is 4.79 Å². The number of fused-ring (bicyclic) bond motifs is 2. The molecule has 1 amide bonds. The van der Waals surface area contributed by atoms with Crippen molar-refractivity contribution in [3.63, 3.8) is 0 Å². The lowest BCUT2D eigenvalue weighted by atomic mass is 10.0. The molecule has 1 N–H and O–H groups in total. The number of hydrogen-bond donors (Lipinski definition) is 1. The lowest BCUT2D eigenvalue weighted by Crippen LogP contribution is -2.13. The molecule has 0 aliphatic carbocycles. The van der Waals surface area contributed by atoms with Crippen molar-refractivity contribution in [1.29, 1.82) is 0 Å². The number of ether oxygens (including phenoxy) is 4. The topological polar surface area (TPSA) is 78.9 Å². The molecule has 32 heavy (non-hydrogen) atoms. The van der Waals surface area contributed by atoms with Gasteiger partial charge in [0.1, 0.15) is 0 Å².